The van der Waals surface area contributed by atoms with Crippen molar-refractivity contribution >= 4 is 29.3 Å². The second-order valence-corrected chi connectivity index (χ2v) is 6.77. The van der Waals surface area contributed by atoms with Crippen molar-refractivity contribution in [2.24, 2.45) is 7.05 Å². The lowest BCUT2D eigenvalue weighted by Crippen LogP contribution is -2.41. The lowest BCUT2D eigenvalue weighted by atomic mass is 10.2. The molecule has 1 fully saturated rings. The van der Waals surface area contributed by atoms with Crippen LogP contribution in [0.3, 0.4) is 0 Å². The van der Waals surface area contributed by atoms with Crippen molar-refractivity contribution < 1.29 is 14.1 Å². The summed E-state index contributed by atoms with van der Waals surface area (Å²) in [6.07, 6.45) is 3.96. The first-order chi connectivity index (χ1) is 11.6. The molecule has 2 aromatic heterocycles. The van der Waals surface area contributed by atoms with Gasteiger partial charge in [-0.1, -0.05) is 12.1 Å². The van der Waals surface area contributed by atoms with Crippen LogP contribution in [0.2, 0.25) is 0 Å². The Balaban J connectivity index is 1.61. The summed E-state index contributed by atoms with van der Waals surface area (Å²) < 4.78 is 6.77. The first-order valence-corrected chi connectivity index (χ1v) is 8.88. The third kappa shape index (κ3) is 3.45. The normalized spacial score (nSPS) is 17.5. The molecule has 0 unspecified atom stereocenters. The third-order valence-electron chi connectivity index (χ3n) is 3.75. The van der Waals surface area contributed by atoms with Gasteiger partial charge in [0.05, 0.1) is 17.6 Å². The van der Waals surface area contributed by atoms with Gasteiger partial charge in [0, 0.05) is 25.9 Å². The van der Waals surface area contributed by atoms with Crippen molar-refractivity contribution in [3.05, 3.63) is 29.9 Å². The average Bonchev–Trinajstić information content (AvgIpc) is 3.27. The van der Waals surface area contributed by atoms with E-state index in [1.54, 1.807) is 46.9 Å². The van der Waals surface area contributed by atoms with Crippen molar-refractivity contribution in [3.8, 4) is 0 Å². The molecule has 2 amide bonds. The van der Waals surface area contributed by atoms with Crippen LogP contribution >= 0.6 is 11.8 Å². The van der Waals surface area contributed by atoms with Gasteiger partial charge in [-0.25, -0.2) is 0 Å². The smallest absolute Gasteiger partial charge is 0.274 e. The molecule has 1 saturated heterocycles. The zero-order chi connectivity index (χ0) is 17.1. The lowest BCUT2D eigenvalue weighted by molar-refractivity contribution is -0.118. The molecule has 8 nitrogen and oxygen atoms in total. The van der Waals surface area contributed by atoms with Crippen LogP contribution in [-0.4, -0.2) is 45.1 Å². The van der Waals surface area contributed by atoms with E-state index in [-0.39, 0.29) is 11.6 Å². The van der Waals surface area contributed by atoms with Crippen LogP contribution in [0.15, 0.2) is 23.0 Å². The second kappa shape index (κ2) is 7.08. The van der Waals surface area contributed by atoms with Gasteiger partial charge in [-0.15, -0.1) is 0 Å². The Hall–Kier alpha value is -2.29. The number of hydrogen-bond donors (Lipinski definition) is 1. The van der Waals surface area contributed by atoms with E-state index in [0.717, 1.165) is 11.4 Å². The molecule has 9 heteroatoms. The third-order valence-corrected chi connectivity index (χ3v) is 4.65. The molecule has 0 spiro atoms. The first-order valence-electron chi connectivity index (χ1n) is 7.72. The van der Waals surface area contributed by atoms with Crippen LogP contribution in [0.1, 0.15) is 29.6 Å². The van der Waals surface area contributed by atoms with Crippen LogP contribution in [0.5, 0.6) is 0 Å². The number of amides is 2. The number of thioether (sulfide) groups is 1. The highest BCUT2D eigenvalue weighted by Crippen LogP contribution is 2.21. The molecule has 1 aliphatic rings. The first kappa shape index (κ1) is 16.6. The van der Waals surface area contributed by atoms with Gasteiger partial charge in [0.25, 0.3) is 5.91 Å². The number of nitrogens with one attached hydrogen (secondary N) is 1. The van der Waals surface area contributed by atoms with E-state index < -0.39 is 11.9 Å². The summed E-state index contributed by atoms with van der Waals surface area (Å²) in [7, 11) is 1.79. The van der Waals surface area contributed by atoms with Gasteiger partial charge in [-0.2, -0.15) is 16.9 Å². The van der Waals surface area contributed by atoms with Crippen molar-refractivity contribution in [3.63, 3.8) is 0 Å². The van der Waals surface area contributed by atoms with E-state index in [9.17, 15) is 9.59 Å². The molecule has 128 valence electrons. The molecule has 0 saturated carbocycles. The van der Waals surface area contributed by atoms with Crippen LogP contribution in [0, 0.1) is 0 Å². The molecule has 2 aromatic rings. The van der Waals surface area contributed by atoms with Gasteiger partial charge in [-0.3, -0.25) is 14.3 Å². The summed E-state index contributed by atoms with van der Waals surface area (Å²) in [6.45, 7) is 2.60. The Kier molecular flexibility index (Phi) is 4.89. The highest BCUT2D eigenvalue weighted by atomic mass is 32.2. The molecule has 0 aliphatic carbocycles. The SMILES string of the molecule is CCSCc1cc(C(=O)N[C@H]2CCN(c3cnn(C)c3)C2=O)no1. The predicted molar refractivity (Wildman–Crippen MR) is 89.8 cm³/mol. The number of carbonyl (C=O) groups is 2. The maximum atomic E-state index is 12.5. The molecule has 3 heterocycles. The fourth-order valence-electron chi connectivity index (χ4n) is 2.54. The molecule has 1 N–H and O–H groups in total. The van der Waals surface area contributed by atoms with Gasteiger partial charge in [-0.05, 0) is 12.2 Å². The molecule has 24 heavy (non-hydrogen) atoms. The molecule has 1 aliphatic heterocycles. The monoisotopic (exact) mass is 349 g/mol. The summed E-state index contributed by atoms with van der Waals surface area (Å²) in [5.41, 5.74) is 0.939. The van der Waals surface area contributed by atoms with E-state index in [1.165, 1.54) is 0 Å². The summed E-state index contributed by atoms with van der Waals surface area (Å²) in [5.74, 6) is 1.76. The van der Waals surface area contributed by atoms with Crippen LogP contribution in [0.4, 0.5) is 5.69 Å². The van der Waals surface area contributed by atoms with Gasteiger partial charge >= 0.3 is 0 Å². The quantitative estimate of drug-likeness (QED) is 0.842. The largest absolute Gasteiger partial charge is 0.360 e. The number of aromatic nitrogens is 3. The van der Waals surface area contributed by atoms with E-state index in [0.29, 0.717) is 24.5 Å². The number of hydrogen-bond acceptors (Lipinski definition) is 6. The highest BCUT2D eigenvalue weighted by molar-refractivity contribution is 7.98. The van der Waals surface area contributed by atoms with Crippen LogP contribution < -0.4 is 10.2 Å². The molecule has 0 bridgehead atoms. The fourth-order valence-corrected chi connectivity index (χ4v) is 3.08. The molecule has 0 radical (unpaired) electrons. The Labute approximate surface area is 143 Å². The van der Waals surface area contributed by atoms with Crippen molar-refractivity contribution in [1.82, 2.24) is 20.3 Å². The molecule has 3 rings (SSSR count). The standard InChI is InChI=1S/C15H19N5O3S/c1-3-24-9-11-6-13(18-23-11)14(21)17-12-4-5-20(15(12)22)10-7-16-19(2)8-10/h6-8,12H,3-5,9H2,1-2H3,(H,17,21)/t12-/m0/s1. The predicted octanol–water partition coefficient (Wildman–Crippen LogP) is 1.20. The maximum Gasteiger partial charge on any atom is 0.274 e. The van der Waals surface area contributed by atoms with Gasteiger partial charge in [0.15, 0.2) is 5.69 Å². The van der Waals surface area contributed by atoms with E-state index in [1.807, 2.05) is 6.92 Å². The zero-order valence-electron chi connectivity index (χ0n) is 13.6. The number of rotatable bonds is 6. The van der Waals surface area contributed by atoms with Gasteiger partial charge < -0.3 is 14.7 Å². The molecule has 0 aromatic carbocycles. The number of anilines is 1. The fraction of sp³-hybridized carbons (Fsp3) is 0.467. The average molecular weight is 349 g/mol. The minimum absolute atomic E-state index is 0.137. The van der Waals surface area contributed by atoms with E-state index in [2.05, 4.69) is 15.6 Å². The number of aryl methyl sites for hydroxylation is 1. The Bertz CT molecular complexity index is 741. The summed E-state index contributed by atoms with van der Waals surface area (Å²) in [5, 5.41) is 10.6. The van der Waals surface area contributed by atoms with E-state index in [4.69, 9.17) is 4.52 Å². The Morgan fingerprint density at radius 2 is 2.38 bits per heavy atom. The highest BCUT2D eigenvalue weighted by Gasteiger charge is 2.34. The topological polar surface area (TPSA) is 93.3 Å². The van der Waals surface area contributed by atoms with Crippen LogP contribution in [0.25, 0.3) is 0 Å². The Morgan fingerprint density at radius 1 is 1.54 bits per heavy atom. The number of nitrogens with zero attached hydrogens (tertiary/aromatic N) is 4. The second-order valence-electron chi connectivity index (χ2n) is 5.49. The maximum absolute atomic E-state index is 12.5. The molecule has 1 atom stereocenters. The lowest BCUT2D eigenvalue weighted by Gasteiger charge is -2.14. The minimum Gasteiger partial charge on any atom is -0.360 e. The Morgan fingerprint density at radius 3 is 3.08 bits per heavy atom. The molecular weight excluding hydrogens is 330 g/mol. The summed E-state index contributed by atoms with van der Waals surface area (Å²) in [6, 6.07) is 1.07. The van der Waals surface area contributed by atoms with Crippen LogP contribution in [-0.2, 0) is 17.6 Å². The molecular formula is C15H19N5O3S. The summed E-state index contributed by atoms with van der Waals surface area (Å²) >= 11 is 1.69. The van der Waals surface area contributed by atoms with Gasteiger partial charge in [0.2, 0.25) is 5.91 Å². The minimum atomic E-state index is -0.553. The zero-order valence-corrected chi connectivity index (χ0v) is 14.4. The number of carbonyl (C=O) groups excluding carboxylic acids is 2. The van der Waals surface area contributed by atoms with E-state index >= 15 is 0 Å². The van der Waals surface area contributed by atoms with Crippen molar-refractivity contribution in [2.45, 2.75) is 25.1 Å². The summed E-state index contributed by atoms with van der Waals surface area (Å²) in [4.78, 5) is 26.3. The van der Waals surface area contributed by atoms with Crippen molar-refractivity contribution in [1.29, 1.82) is 0 Å². The van der Waals surface area contributed by atoms with Gasteiger partial charge in [0.1, 0.15) is 11.8 Å². The van der Waals surface area contributed by atoms with Crippen molar-refractivity contribution in [2.75, 3.05) is 17.2 Å².